The number of rotatable bonds is 7. The summed E-state index contributed by atoms with van der Waals surface area (Å²) in [6.45, 7) is 7.31. The van der Waals surface area contributed by atoms with Gasteiger partial charge < -0.3 is 10.1 Å². The normalized spacial score (nSPS) is 22.4. The summed E-state index contributed by atoms with van der Waals surface area (Å²) >= 11 is 0. The zero-order chi connectivity index (χ0) is 18.4. The molecule has 0 saturated heterocycles. The van der Waals surface area contributed by atoms with Gasteiger partial charge in [0.15, 0.2) is 0 Å². The van der Waals surface area contributed by atoms with Gasteiger partial charge in [-0.15, -0.1) is 0 Å². The summed E-state index contributed by atoms with van der Waals surface area (Å²) in [6, 6.07) is 1.56. The quantitative estimate of drug-likeness (QED) is 0.754. The molecule has 0 amide bonds. The molecule has 25 heavy (non-hydrogen) atoms. The van der Waals surface area contributed by atoms with E-state index in [2.05, 4.69) is 31.1 Å². The second-order valence-electron chi connectivity index (χ2n) is 8.05. The second-order valence-corrected chi connectivity index (χ2v) is 8.05. The smallest absolute Gasteiger partial charge is 0.308 e. The first kappa shape index (κ1) is 19.8. The second kappa shape index (κ2) is 8.75. The van der Waals surface area contributed by atoms with Crippen LogP contribution in [0, 0.1) is 17.7 Å². The van der Waals surface area contributed by atoms with Crippen molar-refractivity contribution in [3.05, 3.63) is 29.8 Å². The number of halogens is 1. The number of nitrogens with one attached hydrogen (secondary N) is 1. The van der Waals surface area contributed by atoms with Crippen LogP contribution in [-0.4, -0.2) is 30.1 Å². The number of hydrogen-bond donors (Lipinski definition) is 1. The number of ether oxygens (including phenoxy) is 1. The predicted octanol–water partition coefficient (Wildman–Crippen LogP) is 4.06. The average molecular weight is 350 g/mol. The minimum Gasteiger partial charge on any atom is -0.469 e. The molecular weight excluding hydrogens is 319 g/mol. The fourth-order valence-corrected chi connectivity index (χ4v) is 3.81. The van der Waals surface area contributed by atoms with Gasteiger partial charge in [-0.3, -0.25) is 9.78 Å². The summed E-state index contributed by atoms with van der Waals surface area (Å²) < 4.78 is 18.2. The molecule has 0 bridgehead atoms. The third-order valence-corrected chi connectivity index (χ3v) is 5.36. The number of esters is 1. The maximum atomic E-state index is 13.3. The lowest BCUT2D eigenvalue weighted by Crippen LogP contribution is -2.43. The first-order valence-electron chi connectivity index (χ1n) is 9.24. The molecule has 0 radical (unpaired) electrons. The van der Waals surface area contributed by atoms with Crippen LogP contribution in [0.25, 0.3) is 0 Å². The van der Waals surface area contributed by atoms with E-state index in [4.69, 9.17) is 4.74 Å². The van der Waals surface area contributed by atoms with Crippen LogP contribution in [0.4, 0.5) is 4.39 Å². The third kappa shape index (κ3) is 6.07. The SMILES string of the molecule is COC(=O)C1CCC(CC(C)(C)NC[C@H](C)c2cncc(F)c2)CC1. The molecule has 2 rings (SSSR count). The lowest BCUT2D eigenvalue weighted by molar-refractivity contribution is -0.146. The first-order valence-corrected chi connectivity index (χ1v) is 9.24. The van der Waals surface area contributed by atoms with Crippen LogP contribution in [0.15, 0.2) is 18.5 Å². The van der Waals surface area contributed by atoms with E-state index in [1.165, 1.54) is 13.3 Å². The highest BCUT2D eigenvalue weighted by atomic mass is 19.1. The Hall–Kier alpha value is -1.49. The van der Waals surface area contributed by atoms with Gasteiger partial charge in [-0.25, -0.2) is 4.39 Å². The summed E-state index contributed by atoms with van der Waals surface area (Å²) in [5, 5.41) is 3.63. The zero-order valence-corrected chi connectivity index (χ0v) is 15.8. The molecule has 0 aromatic carbocycles. The van der Waals surface area contributed by atoms with Crippen molar-refractivity contribution in [2.75, 3.05) is 13.7 Å². The van der Waals surface area contributed by atoms with E-state index in [-0.39, 0.29) is 29.2 Å². The Labute approximate surface area is 150 Å². The lowest BCUT2D eigenvalue weighted by Gasteiger charge is -2.35. The van der Waals surface area contributed by atoms with Crippen molar-refractivity contribution in [1.82, 2.24) is 10.3 Å². The maximum Gasteiger partial charge on any atom is 0.308 e. The lowest BCUT2D eigenvalue weighted by atomic mass is 9.76. The monoisotopic (exact) mass is 350 g/mol. The van der Waals surface area contributed by atoms with E-state index in [9.17, 15) is 9.18 Å². The highest BCUT2D eigenvalue weighted by molar-refractivity contribution is 5.72. The van der Waals surface area contributed by atoms with Gasteiger partial charge >= 0.3 is 5.97 Å². The molecule has 1 atom stereocenters. The Morgan fingerprint density at radius 3 is 2.64 bits per heavy atom. The van der Waals surface area contributed by atoms with Crippen molar-refractivity contribution in [1.29, 1.82) is 0 Å². The molecule has 1 aliphatic carbocycles. The van der Waals surface area contributed by atoms with Crippen molar-refractivity contribution < 1.29 is 13.9 Å². The van der Waals surface area contributed by atoms with Crippen LogP contribution in [0.1, 0.15) is 64.4 Å². The Morgan fingerprint density at radius 2 is 2.04 bits per heavy atom. The van der Waals surface area contributed by atoms with E-state index in [1.54, 1.807) is 12.3 Å². The number of aromatic nitrogens is 1. The molecule has 1 aromatic rings. The number of hydrogen-bond acceptors (Lipinski definition) is 4. The molecule has 0 aliphatic heterocycles. The van der Waals surface area contributed by atoms with Gasteiger partial charge in [-0.05, 0) is 69.4 Å². The van der Waals surface area contributed by atoms with Crippen molar-refractivity contribution in [3.8, 4) is 0 Å². The van der Waals surface area contributed by atoms with Gasteiger partial charge in [0.2, 0.25) is 0 Å². The van der Waals surface area contributed by atoms with E-state index in [0.717, 1.165) is 44.2 Å². The maximum absolute atomic E-state index is 13.3. The molecule has 5 heteroatoms. The summed E-state index contributed by atoms with van der Waals surface area (Å²) in [5.41, 5.74) is 0.930. The predicted molar refractivity (Wildman–Crippen MR) is 96.8 cm³/mol. The van der Waals surface area contributed by atoms with Crippen LogP contribution >= 0.6 is 0 Å². The fourth-order valence-electron chi connectivity index (χ4n) is 3.81. The van der Waals surface area contributed by atoms with Gasteiger partial charge in [0.25, 0.3) is 0 Å². The standard InChI is InChI=1S/C20H31FN2O2/c1-14(17-9-18(21)13-22-12-17)11-23-20(2,3)10-15-5-7-16(8-6-15)19(24)25-4/h9,12-16,23H,5-8,10-11H2,1-4H3/t14-,15?,16?/m0/s1. The van der Waals surface area contributed by atoms with Crippen LogP contribution in [0.5, 0.6) is 0 Å². The fraction of sp³-hybridized carbons (Fsp3) is 0.700. The molecule has 1 aromatic heterocycles. The highest BCUT2D eigenvalue weighted by Gasteiger charge is 2.30. The molecule has 1 N–H and O–H groups in total. The Morgan fingerprint density at radius 1 is 1.36 bits per heavy atom. The summed E-state index contributed by atoms with van der Waals surface area (Å²) in [4.78, 5) is 15.6. The number of methoxy groups -OCH3 is 1. The Kier molecular flexibility index (Phi) is 6.94. The number of carbonyl (C=O) groups is 1. The highest BCUT2D eigenvalue weighted by Crippen LogP contribution is 2.34. The Bertz CT molecular complexity index is 569. The van der Waals surface area contributed by atoms with E-state index < -0.39 is 0 Å². The van der Waals surface area contributed by atoms with Gasteiger partial charge in [-0.2, -0.15) is 0 Å². The van der Waals surface area contributed by atoms with Gasteiger partial charge in [0.05, 0.1) is 19.2 Å². The molecular formula is C20H31FN2O2. The molecule has 1 heterocycles. The van der Waals surface area contributed by atoms with E-state index >= 15 is 0 Å². The molecule has 1 aliphatic rings. The van der Waals surface area contributed by atoms with Gasteiger partial charge in [-0.1, -0.05) is 6.92 Å². The molecule has 4 nitrogen and oxygen atoms in total. The van der Waals surface area contributed by atoms with Crippen molar-refractivity contribution in [2.45, 2.75) is 64.3 Å². The number of nitrogens with zero attached hydrogens (tertiary/aromatic N) is 1. The van der Waals surface area contributed by atoms with Crippen LogP contribution in [0.3, 0.4) is 0 Å². The van der Waals surface area contributed by atoms with Crippen LogP contribution in [-0.2, 0) is 9.53 Å². The van der Waals surface area contributed by atoms with Crippen LogP contribution in [0.2, 0.25) is 0 Å². The zero-order valence-electron chi connectivity index (χ0n) is 15.8. The van der Waals surface area contributed by atoms with E-state index in [0.29, 0.717) is 5.92 Å². The van der Waals surface area contributed by atoms with E-state index in [1.807, 2.05) is 0 Å². The molecule has 1 fully saturated rings. The summed E-state index contributed by atoms with van der Waals surface area (Å²) in [6.07, 6.45) is 8.06. The minimum absolute atomic E-state index is 0.0117. The molecule has 1 saturated carbocycles. The van der Waals surface area contributed by atoms with Crippen LogP contribution < -0.4 is 5.32 Å². The Balaban J connectivity index is 1.79. The third-order valence-electron chi connectivity index (χ3n) is 5.36. The summed E-state index contributed by atoms with van der Waals surface area (Å²) in [5.74, 6) is 0.573. The largest absolute Gasteiger partial charge is 0.469 e. The van der Waals surface area contributed by atoms with Crippen molar-refractivity contribution in [2.24, 2.45) is 11.8 Å². The topological polar surface area (TPSA) is 51.2 Å². The average Bonchev–Trinajstić information content (AvgIpc) is 2.59. The molecule has 0 spiro atoms. The number of carbonyl (C=O) groups excluding carboxylic acids is 1. The van der Waals surface area contributed by atoms with Gasteiger partial charge in [0, 0.05) is 18.3 Å². The van der Waals surface area contributed by atoms with Crippen molar-refractivity contribution >= 4 is 5.97 Å². The summed E-state index contributed by atoms with van der Waals surface area (Å²) in [7, 11) is 1.47. The first-order chi connectivity index (χ1) is 11.8. The van der Waals surface area contributed by atoms with Gasteiger partial charge in [0.1, 0.15) is 5.82 Å². The minimum atomic E-state index is -0.286. The molecule has 0 unspecified atom stereocenters. The van der Waals surface area contributed by atoms with Crippen molar-refractivity contribution in [3.63, 3.8) is 0 Å². The number of pyridine rings is 1. The molecule has 140 valence electrons.